The average Bonchev–Trinajstić information content (AvgIpc) is 3.18. The molecule has 0 radical (unpaired) electrons. The summed E-state index contributed by atoms with van der Waals surface area (Å²) >= 11 is 0. The van der Waals surface area contributed by atoms with Crippen molar-refractivity contribution in [1.82, 2.24) is 25.0 Å². The van der Waals surface area contributed by atoms with Crippen molar-refractivity contribution in [2.75, 3.05) is 31.1 Å². The summed E-state index contributed by atoms with van der Waals surface area (Å²) in [5.41, 5.74) is 2.29. The van der Waals surface area contributed by atoms with Gasteiger partial charge in [-0.15, -0.1) is 0 Å². The van der Waals surface area contributed by atoms with E-state index in [1.165, 1.54) is 5.56 Å². The highest BCUT2D eigenvalue weighted by Crippen LogP contribution is 2.18. The van der Waals surface area contributed by atoms with Gasteiger partial charge in [-0.25, -0.2) is 4.98 Å². The van der Waals surface area contributed by atoms with Crippen molar-refractivity contribution < 1.29 is 4.52 Å². The van der Waals surface area contributed by atoms with Crippen LogP contribution in [0, 0.1) is 0 Å². The second-order valence-electron chi connectivity index (χ2n) is 6.39. The highest BCUT2D eigenvalue weighted by Gasteiger charge is 2.20. The fourth-order valence-electron chi connectivity index (χ4n) is 3.11. The highest BCUT2D eigenvalue weighted by atomic mass is 16.5. The second-order valence-corrected chi connectivity index (χ2v) is 6.39. The van der Waals surface area contributed by atoms with Gasteiger partial charge in [-0.2, -0.15) is 4.98 Å². The van der Waals surface area contributed by atoms with E-state index in [1.807, 2.05) is 18.3 Å². The van der Waals surface area contributed by atoms with E-state index in [0.717, 1.165) is 44.0 Å². The Morgan fingerprint density at radius 2 is 1.85 bits per heavy atom. The fraction of sp³-hybridized carbons (Fsp3) is 0.368. The third-order valence-electron chi connectivity index (χ3n) is 4.69. The molecular weight excluding hydrogens is 328 g/mol. The Labute approximate surface area is 152 Å². The molecule has 2 aromatic heterocycles. The van der Waals surface area contributed by atoms with Crippen LogP contribution in [-0.4, -0.2) is 51.2 Å². The predicted molar refractivity (Wildman–Crippen MR) is 98.6 cm³/mol. The first-order valence-corrected chi connectivity index (χ1v) is 8.97. The third-order valence-corrected chi connectivity index (χ3v) is 4.69. The summed E-state index contributed by atoms with van der Waals surface area (Å²) in [4.78, 5) is 17.6. The van der Waals surface area contributed by atoms with E-state index in [1.54, 1.807) is 12.4 Å². The van der Waals surface area contributed by atoms with Crippen molar-refractivity contribution in [2.24, 2.45) is 0 Å². The van der Waals surface area contributed by atoms with E-state index in [-0.39, 0.29) is 0 Å². The van der Waals surface area contributed by atoms with Crippen LogP contribution in [0.2, 0.25) is 0 Å². The zero-order chi connectivity index (χ0) is 17.8. The van der Waals surface area contributed by atoms with Gasteiger partial charge < -0.3 is 9.42 Å². The molecule has 1 aromatic carbocycles. The molecule has 134 valence electrons. The maximum absolute atomic E-state index is 5.45. The van der Waals surface area contributed by atoms with E-state index in [2.05, 4.69) is 49.0 Å². The summed E-state index contributed by atoms with van der Waals surface area (Å²) in [6.45, 7) is 6.51. The van der Waals surface area contributed by atoms with Crippen LogP contribution in [-0.2, 0) is 13.0 Å². The van der Waals surface area contributed by atoms with Crippen LogP contribution in [0.1, 0.15) is 18.4 Å². The predicted octanol–water partition coefficient (Wildman–Crippen LogP) is 2.41. The minimum Gasteiger partial charge on any atom is -0.353 e. The van der Waals surface area contributed by atoms with Gasteiger partial charge in [0, 0.05) is 44.1 Å². The van der Waals surface area contributed by atoms with Crippen LogP contribution >= 0.6 is 0 Å². The van der Waals surface area contributed by atoms with E-state index >= 15 is 0 Å². The zero-order valence-electron chi connectivity index (χ0n) is 14.9. The van der Waals surface area contributed by atoms with Crippen LogP contribution in [0.3, 0.4) is 0 Å². The van der Waals surface area contributed by atoms with E-state index in [9.17, 15) is 0 Å². The average molecular weight is 350 g/mol. The van der Waals surface area contributed by atoms with Gasteiger partial charge in [0.15, 0.2) is 0 Å². The molecule has 1 aliphatic heterocycles. The first-order chi connectivity index (χ1) is 12.8. The van der Waals surface area contributed by atoms with Gasteiger partial charge >= 0.3 is 0 Å². The molecule has 3 aromatic rings. The fourth-order valence-corrected chi connectivity index (χ4v) is 3.11. The number of hydrogen-bond acceptors (Lipinski definition) is 7. The van der Waals surface area contributed by atoms with Gasteiger partial charge in [0.05, 0.1) is 12.7 Å². The normalized spacial score (nSPS) is 15.3. The summed E-state index contributed by atoms with van der Waals surface area (Å²) in [7, 11) is 0. The molecule has 0 saturated carbocycles. The summed E-state index contributed by atoms with van der Waals surface area (Å²) < 4.78 is 5.45. The number of anilines is 1. The van der Waals surface area contributed by atoms with Crippen LogP contribution in [0.5, 0.6) is 0 Å². The molecule has 0 atom stereocenters. The number of piperazine rings is 1. The lowest BCUT2D eigenvalue weighted by Crippen LogP contribution is -2.46. The molecule has 1 saturated heterocycles. The molecule has 0 N–H and O–H groups in total. The summed E-state index contributed by atoms with van der Waals surface area (Å²) in [5, 5.41) is 4.13. The lowest BCUT2D eigenvalue weighted by molar-refractivity contribution is 0.215. The maximum atomic E-state index is 5.45. The molecule has 4 rings (SSSR count). The molecule has 0 bridgehead atoms. The third kappa shape index (κ3) is 3.72. The Bertz CT molecular complexity index is 825. The number of aryl methyl sites for hydroxylation is 1. The smallest absolute Gasteiger partial charge is 0.241 e. The molecule has 7 nitrogen and oxygen atoms in total. The minimum absolute atomic E-state index is 0.654. The van der Waals surface area contributed by atoms with Gasteiger partial charge in [-0.05, 0) is 12.0 Å². The second kappa shape index (κ2) is 7.61. The molecule has 1 fully saturated rings. The monoisotopic (exact) mass is 350 g/mol. The Hall–Kier alpha value is -2.80. The van der Waals surface area contributed by atoms with Crippen LogP contribution in [0.4, 0.5) is 5.82 Å². The minimum atomic E-state index is 0.654. The largest absolute Gasteiger partial charge is 0.353 e. The quantitative estimate of drug-likeness (QED) is 0.700. The maximum Gasteiger partial charge on any atom is 0.241 e. The summed E-state index contributed by atoms with van der Waals surface area (Å²) in [6.07, 6.45) is 6.26. The summed E-state index contributed by atoms with van der Waals surface area (Å²) in [6, 6.07) is 8.31. The molecule has 3 heterocycles. The first-order valence-electron chi connectivity index (χ1n) is 8.97. The molecular formula is C19H22N6O. The van der Waals surface area contributed by atoms with Crippen molar-refractivity contribution in [3.8, 4) is 11.4 Å². The standard InChI is InChI=1S/C19H22N6O/c1-2-15-3-5-16(6-4-15)19-22-18(26-23-19)14-24-9-11-25(12-10-24)17-13-20-7-8-21-17/h3-8,13H,2,9-12,14H2,1H3. The van der Waals surface area contributed by atoms with E-state index in [0.29, 0.717) is 18.3 Å². The molecule has 7 heteroatoms. The highest BCUT2D eigenvalue weighted by molar-refractivity contribution is 5.54. The van der Waals surface area contributed by atoms with Crippen molar-refractivity contribution in [1.29, 1.82) is 0 Å². The Morgan fingerprint density at radius 3 is 2.54 bits per heavy atom. The topological polar surface area (TPSA) is 71.2 Å². The van der Waals surface area contributed by atoms with E-state index < -0.39 is 0 Å². The van der Waals surface area contributed by atoms with Gasteiger partial charge in [0.25, 0.3) is 0 Å². The van der Waals surface area contributed by atoms with Gasteiger partial charge in [0.1, 0.15) is 5.82 Å². The lowest BCUT2D eigenvalue weighted by Gasteiger charge is -2.34. The van der Waals surface area contributed by atoms with Gasteiger partial charge in [0.2, 0.25) is 11.7 Å². The van der Waals surface area contributed by atoms with Gasteiger partial charge in [-0.3, -0.25) is 9.88 Å². The summed E-state index contributed by atoms with van der Waals surface area (Å²) in [5.74, 6) is 2.25. The van der Waals surface area contributed by atoms with Crippen LogP contribution < -0.4 is 4.90 Å². The molecule has 0 unspecified atom stereocenters. The zero-order valence-corrected chi connectivity index (χ0v) is 14.9. The number of hydrogen-bond donors (Lipinski definition) is 0. The number of benzene rings is 1. The van der Waals surface area contributed by atoms with Crippen LogP contribution in [0.15, 0.2) is 47.4 Å². The number of rotatable bonds is 5. The Kier molecular flexibility index (Phi) is 4.88. The Morgan fingerprint density at radius 1 is 1.04 bits per heavy atom. The first kappa shape index (κ1) is 16.7. The SMILES string of the molecule is CCc1ccc(-c2noc(CN3CCN(c4cnccn4)CC3)n2)cc1. The molecule has 1 aliphatic rings. The van der Waals surface area contributed by atoms with Crippen molar-refractivity contribution in [2.45, 2.75) is 19.9 Å². The molecule has 0 aliphatic carbocycles. The molecule has 0 amide bonds. The number of nitrogens with zero attached hydrogens (tertiary/aromatic N) is 6. The van der Waals surface area contributed by atoms with Crippen molar-refractivity contribution >= 4 is 5.82 Å². The van der Waals surface area contributed by atoms with Crippen LogP contribution in [0.25, 0.3) is 11.4 Å². The van der Waals surface area contributed by atoms with Crippen molar-refractivity contribution in [3.05, 3.63) is 54.3 Å². The van der Waals surface area contributed by atoms with Crippen molar-refractivity contribution in [3.63, 3.8) is 0 Å². The molecule has 26 heavy (non-hydrogen) atoms. The Balaban J connectivity index is 1.35. The molecule has 0 spiro atoms. The number of aromatic nitrogens is 4. The van der Waals surface area contributed by atoms with E-state index in [4.69, 9.17) is 4.52 Å². The van der Waals surface area contributed by atoms with Gasteiger partial charge in [-0.1, -0.05) is 36.3 Å². The lowest BCUT2D eigenvalue weighted by atomic mass is 10.1.